The van der Waals surface area contributed by atoms with E-state index in [1.165, 1.54) is 0 Å². The first kappa shape index (κ1) is 9.88. The van der Waals surface area contributed by atoms with Crippen molar-refractivity contribution in [2.24, 2.45) is 5.41 Å². The Kier molecular flexibility index (Phi) is 3.90. The van der Waals surface area contributed by atoms with Crippen molar-refractivity contribution in [1.29, 1.82) is 0 Å². The molecule has 0 atom stereocenters. The first-order valence-electron chi connectivity index (χ1n) is 3.78. The first-order valence-corrected chi connectivity index (χ1v) is 3.78. The second-order valence-corrected chi connectivity index (χ2v) is 2.95. The zero-order valence-electron chi connectivity index (χ0n) is 6.86. The highest BCUT2D eigenvalue weighted by Gasteiger charge is 2.33. The molecule has 1 aliphatic heterocycles. The molecule has 1 saturated heterocycles. The highest BCUT2D eigenvalue weighted by Crippen LogP contribution is 2.21. The van der Waals surface area contributed by atoms with E-state index in [2.05, 4.69) is 0 Å². The van der Waals surface area contributed by atoms with Crippen molar-refractivity contribution >= 4 is 0 Å². The van der Waals surface area contributed by atoms with Gasteiger partial charge in [-0.2, -0.15) is 0 Å². The SMILES string of the molecule is OCOCC1(CO)COCOC1. The lowest BCUT2D eigenvalue weighted by atomic mass is 9.92. The van der Waals surface area contributed by atoms with E-state index < -0.39 is 5.41 Å². The molecular weight excluding hydrogens is 164 g/mol. The Bertz CT molecular complexity index is 121. The molecule has 0 aliphatic carbocycles. The lowest BCUT2D eigenvalue weighted by molar-refractivity contribution is -0.199. The fourth-order valence-electron chi connectivity index (χ4n) is 1.10. The van der Waals surface area contributed by atoms with Crippen LogP contribution in [-0.4, -0.2) is 50.2 Å². The molecule has 5 nitrogen and oxygen atoms in total. The van der Waals surface area contributed by atoms with Crippen molar-refractivity contribution < 1.29 is 24.4 Å². The fourth-order valence-corrected chi connectivity index (χ4v) is 1.10. The average Bonchev–Trinajstić information content (AvgIpc) is 2.16. The fraction of sp³-hybridized carbons (Fsp3) is 1.00. The van der Waals surface area contributed by atoms with E-state index in [9.17, 15) is 0 Å². The van der Waals surface area contributed by atoms with Gasteiger partial charge in [-0.3, -0.25) is 0 Å². The van der Waals surface area contributed by atoms with Gasteiger partial charge in [-0.05, 0) is 0 Å². The minimum atomic E-state index is -0.499. The highest BCUT2D eigenvalue weighted by molar-refractivity contribution is 4.79. The van der Waals surface area contributed by atoms with Crippen LogP contribution in [0, 0.1) is 5.41 Å². The van der Waals surface area contributed by atoms with E-state index in [1.807, 2.05) is 0 Å². The quantitative estimate of drug-likeness (QED) is 0.537. The van der Waals surface area contributed by atoms with Crippen LogP contribution in [0.2, 0.25) is 0 Å². The number of rotatable bonds is 4. The number of hydrogen-bond acceptors (Lipinski definition) is 5. The molecule has 2 N–H and O–H groups in total. The normalized spacial score (nSPS) is 22.5. The summed E-state index contributed by atoms with van der Waals surface area (Å²) in [7, 11) is 0. The molecule has 1 rings (SSSR count). The molecule has 1 fully saturated rings. The van der Waals surface area contributed by atoms with Crippen LogP contribution in [0.3, 0.4) is 0 Å². The van der Waals surface area contributed by atoms with Gasteiger partial charge in [0.25, 0.3) is 0 Å². The van der Waals surface area contributed by atoms with Crippen molar-refractivity contribution in [3.8, 4) is 0 Å². The van der Waals surface area contributed by atoms with Crippen LogP contribution in [0.4, 0.5) is 0 Å². The predicted octanol–water partition coefficient (Wildman–Crippen LogP) is -1.06. The summed E-state index contributed by atoms with van der Waals surface area (Å²) < 4.78 is 14.9. The van der Waals surface area contributed by atoms with Crippen LogP contribution in [0.25, 0.3) is 0 Å². The Hall–Kier alpha value is -0.200. The van der Waals surface area contributed by atoms with Crippen molar-refractivity contribution in [1.82, 2.24) is 0 Å². The molecule has 0 aromatic heterocycles. The number of aliphatic hydroxyl groups is 2. The second kappa shape index (κ2) is 4.74. The van der Waals surface area contributed by atoms with Crippen molar-refractivity contribution in [3.63, 3.8) is 0 Å². The molecular formula is C7H14O5. The molecule has 0 amide bonds. The number of aliphatic hydroxyl groups excluding tert-OH is 2. The van der Waals surface area contributed by atoms with E-state index in [0.717, 1.165) is 0 Å². The summed E-state index contributed by atoms with van der Waals surface area (Å²) in [6, 6.07) is 0. The number of ether oxygens (including phenoxy) is 3. The lowest BCUT2D eigenvalue weighted by Crippen LogP contribution is -2.44. The maximum atomic E-state index is 9.05. The third-order valence-electron chi connectivity index (χ3n) is 1.82. The molecule has 0 spiro atoms. The Morgan fingerprint density at radius 1 is 1.25 bits per heavy atom. The third kappa shape index (κ3) is 2.40. The maximum Gasteiger partial charge on any atom is 0.146 e. The molecule has 0 saturated carbocycles. The van der Waals surface area contributed by atoms with E-state index in [0.29, 0.717) is 13.2 Å². The monoisotopic (exact) mass is 178 g/mol. The predicted molar refractivity (Wildman–Crippen MR) is 39.3 cm³/mol. The summed E-state index contributed by atoms with van der Waals surface area (Å²) in [5, 5.41) is 17.5. The second-order valence-electron chi connectivity index (χ2n) is 2.95. The molecule has 72 valence electrons. The topological polar surface area (TPSA) is 68.2 Å². The van der Waals surface area contributed by atoms with Crippen molar-refractivity contribution in [2.75, 3.05) is 40.0 Å². The molecule has 5 heteroatoms. The van der Waals surface area contributed by atoms with Crippen molar-refractivity contribution in [2.45, 2.75) is 0 Å². The summed E-state index contributed by atoms with van der Waals surface area (Å²) in [6.45, 7) is 0.919. The van der Waals surface area contributed by atoms with Gasteiger partial charge in [-0.1, -0.05) is 0 Å². The summed E-state index contributed by atoms with van der Waals surface area (Å²) >= 11 is 0. The Balaban J connectivity index is 2.37. The van der Waals surface area contributed by atoms with Crippen LogP contribution < -0.4 is 0 Å². The zero-order chi connectivity index (χ0) is 8.86. The standard InChI is InChI=1S/C7H14O5/c8-1-7(2-10-5-9)3-11-6-12-4-7/h8-9H,1-6H2. The van der Waals surface area contributed by atoms with E-state index in [1.54, 1.807) is 0 Å². The molecule has 12 heavy (non-hydrogen) atoms. The van der Waals surface area contributed by atoms with Gasteiger partial charge in [0.2, 0.25) is 0 Å². The smallest absolute Gasteiger partial charge is 0.146 e. The molecule has 0 aromatic carbocycles. The van der Waals surface area contributed by atoms with Gasteiger partial charge < -0.3 is 24.4 Å². The van der Waals surface area contributed by atoms with Crippen LogP contribution in [-0.2, 0) is 14.2 Å². The van der Waals surface area contributed by atoms with E-state index >= 15 is 0 Å². The lowest BCUT2D eigenvalue weighted by Gasteiger charge is -2.34. The van der Waals surface area contributed by atoms with Gasteiger partial charge in [-0.15, -0.1) is 0 Å². The molecule has 0 radical (unpaired) electrons. The molecule has 0 bridgehead atoms. The van der Waals surface area contributed by atoms with Crippen LogP contribution in [0.1, 0.15) is 0 Å². The third-order valence-corrected chi connectivity index (χ3v) is 1.82. The minimum Gasteiger partial charge on any atom is -0.396 e. The summed E-state index contributed by atoms with van der Waals surface area (Å²) in [5.41, 5.74) is -0.499. The highest BCUT2D eigenvalue weighted by atomic mass is 16.7. The van der Waals surface area contributed by atoms with E-state index in [-0.39, 0.29) is 26.8 Å². The largest absolute Gasteiger partial charge is 0.396 e. The Morgan fingerprint density at radius 3 is 2.42 bits per heavy atom. The summed E-state index contributed by atoms with van der Waals surface area (Å²) in [6.07, 6.45) is 0. The van der Waals surface area contributed by atoms with Gasteiger partial charge >= 0.3 is 0 Å². The molecule has 0 aromatic rings. The van der Waals surface area contributed by atoms with Crippen LogP contribution in [0.5, 0.6) is 0 Å². The van der Waals surface area contributed by atoms with Crippen LogP contribution >= 0.6 is 0 Å². The van der Waals surface area contributed by atoms with Crippen molar-refractivity contribution in [3.05, 3.63) is 0 Å². The molecule has 1 aliphatic rings. The molecule has 1 heterocycles. The van der Waals surface area contributed by atoms with Gasteiger partial charge in [0, 0.05) is 0 Å². The summed E-state index contributed by atoms with van der Waals surface area (Å²) in [5.74, 6) is 0. The van der Waals surface area contributed by atoms with Gasteiger partial charge in [0.1, 0.15) is 13.6 Å². The van der Waals surface area contributed by atoms with Gasteiger partial charge in [0.15, 0.2) is 0 Å². The van der Waals surface area contributed by atoms with Gasteiger partial charge in [-0.25, -0.2) is 0 Å². The minimum absolute atomic E-state index is 0.0625. The van der Waals surface area contributed by atoms with Crippen LogP contribution in [0.15, 0.2) is 0 Å². The van der Waals surface area contributed by atoms with Gasteiger partial charge in [0.05, 0.1) is 31.8 Å². The first-order chi connectivity index (χ1) is 5.83. The Labute approximate surface area is 70.9 Å². The number of hydrogen-bond donors (Lipinski definition) is 2. The Morgan fingerprint density at radius 2 is 1.92 bits per heavy atom. The maximum absolute atomic E-state index is 9.05. The average molecular weight is 178 g/mol. The summed E-state index contributed by atoms with van der Waals surface area (Å²) in [4.78, 5) is 0. The molecule has 0 unspecified atom stereocenters. The van der Waals surface area contributed by atoms with E-state index in [4.69, 9.17) is 24.4 Å². The zero-order valence-corrected chi connectivity index (χ0v) is 6.86.